The van der Waals surface area contributed by atoms with Gasteiger partial charge in [-0.05, 0) is 43.2 Å². The third-order valence-corrected chi connectivity index (χ3v) is 3.66. The molecule has 0 spiro atoms. The van der Waals surface area contributed by atoms with E-state index in [2.05, 4.69) is 0 Å². The van der Waals surface area contributed by atoms with Gasteiger partial charge >= 0.3 is 0 Å². The molecule has 0 amide bonds. The largest absolute Gasteiger partial charge is 0.456 e. The van der Waals surface area contributed by atoms with Crippen molar-refractivity contribution >= 4 is 28.9 Å². The Kier molecular flexibility index (Phi) is 4.70. The molecule has 0 radical (unpaired) electrons. The van der Waals surface area contributed by atoms with E-state index in [-0.39, 0.29) is 5.69 Å². The Morgan fingerprint density at radius 1 is 1.14 bits per heavy atom. The van der Waals surface area contributed by atoms with Crippen LogP contribution in [-0.2, 0) is 5.88 Å². The summed E-state index contributed by atoms with van der Waals surface area (Å²) in [4.78, 5) is 10.5. The topological polar surface area (TPSA) is 52.4 Å². The van der Waals surface area contributed by atoms with Gasteiger partial charge < -0.3 is 4.74 Å². The maximum Gasteiger partial charge on any atom is 0.272 e. The molecule has 6 heteroatoms. The normalized spacial score (nSPS) is 10.5. The van der Waals surface area contributed by atoms with Crippen molar-refractivity contribution in [1.29, 1.82) is 0 Å². The Balaban J connectivity index is 2.36. The summed E-state index contributed by atoms with van der Waals surface area (Å²) in [5.74, 6) is 1.40. The molecular weight excluding hydrogens is 313 g/mol. The molecule has 0 aliphatic heterocycles. The molecule has 0 fully saturated rings. The first-order valence-corrected chi connectivity index (χ1v) is 7.11. The average molecular weight is 326 g/mol. The van der Waals surface area contributed by atoms with Crippen LogP contribution >= 0.6 is 23.2 Å². The fraction of sp³-hybridized carbons (Fsp3) is 0.200. The first-order valence-electron chi connectivity index (χ1n) is 6.20. The van der Waals surface area contributed by atoms with Crippen LogP contribution in [0.3, 0.4) is 0 Å². The van der Waals surface area contributed by atoms with Crippen LogP contribution in [0.2, 0.25) is 5.02 Å². The summed E-state index contributed by atoms with van der Waals surface area (Å²) in [6.45, 7) is 3.42. The molecule has 0 atom stereocenters. The predicted octanol–water partition coefficient (Wildman–Crippen LogP) is 5.40. The van der Waals surface area contributed by atoms with Gasteiger partial charge in [0.25, 0.3) is 5.69 Å². The van der Waals surface area contributed by atoms with Crippen LogP contribution in [0.25, 0.3) is 0 Å². The summed E-state index contributed by atoms with van der Waals surface area (Å²) in [6.07, 6.45) is 0. The number of rotatable bonds is 4. The van der Waals surface area contributed by atoms with Crippen LogP contribution in [0.1, 0.15) is 16.7 Å². The number of nitro benzene ring substituents is 1. The molecule has 0 N–H and O–H groups in total. The van der Waals surface area contributed by atoms with Crippen LogP contribution in [0.5, 0.6) is 11.5 Å². The highest BCUT2D eigenvalue weighted by molar-refractivity contribution is 6.32. The Morgan fingerprint density at radius 3 is 2.43 bits per heavy atom. The first-order chi connectivity index (χ1) is 9.92. The maximum absolute atomic E-state index is 10.9. The molecule has 0 heterocycles. The molecule has 0 bridgehead atoms. The Labute approximate surface area is 132 Å². The van der Waals surface area contributed by atoms with Gasteiger partial charge in [-0.3, -0.25) is 10.1 Å². The van der Waals surface area contributed by atoms with Crippen molar-refractivity contribution in [2.75, 3.05) is 0 Å². The summed E-state index contributed by atoms with van der Waals surface area (Å²) in [5.41, 5.74) is 2.17. The second-order valence-corrected chi connectivity index (χ2v) is 5.34. The molecule has 0 saturated heterocycles. The molecule has 2 aromatic rings. The molecule has 0 unspecified atom stereocenters. The summed E-state index contributed by atoms with van der Waals surface area (Å²) >= 11 is 11.9. The minimum Gasteiger partial charge on any atom is -0.456 e. The lowest BCUT2D eigenvalue weighted by Crippen LogP contribution is -1.95. The summed E-state index contributed by atoms with van der Waals surface area (Å²) in [6, 6.07) is 8.42. The molecule has 0 aromatic heterocycles. The highest BCUT2D eigenvalue weighted by Gasteiger charge is 2.15. The maximum atomic E-state index is 10.9. The molecule has 2 rings (SSSR count). The van der Waals surface area contributed by atoms with E-state index in [1.54, 1.807) is 32.0 Å². The number of hydrogen-bond acceptors (Lipinski definition) is 3. The lowest BCUT2D eigenvalue weighted by Gasteiger charge is -2.12. The van der Waals surface area contributed by atoms with Crippen LogP contribution in [-0.4, -0.2) is 4.92 Å². The average Bonchev–Trinajstić information content (AvgIpc) is 2.44. The minimum atomic E-state index is -0.408. The van der Waals surface area contributed by atoms with Crippen molar-refractivity contribution in [3.63, 3.8) is 0 Å². The van der Waals surface area contributed by atoms with E-state index >= 15 is 0 Å². The third-order valence-electron chi connectivity index (χ3n) is 3.06. The Hall–Kier alpha value is -1.78. The number of nitro groups is 1. The smallest absolute Gasteiger partial charge is 0.272 e. The van der Waals surface area contributed by atoms with Gasteiger partial charge in [-0.1, -0.05) is 17.7 Å². The third kappa shape index (κ3) is 3.46. The molecular formula is C15H13Cl2NO3. The lowest BCUT2D eigenvalue weighted by molar-refractivity contribution is -0.385. The lowest BCUT2D eigenvalue weighted by atomic mass is 10.1. The molecule has 4 nitrogen and oxygen atoms in total. The molecule has 110 valence electrons. The Bertz CT molecular complexity index is 702. The first kappa shape index (κ1) is 15.6. The number of benzene rings is 2. The zero-order valence-corrected chi connectivity index (χ0v) is 13.0. The second kappa shape index (κ2) is 6.33. The van der Waals surface area contributed by atoms with Crippen LogP contribution in [0, 0.1) is 24.0 Å². The fourth-order valence-electron chi connectivity index (χ4n) is 1.91. The van der Waals surface area contributed by atoms with Crippen LogP contribution in [0.15, 0.2) is 30.3 Å². The number of halogens is 2. The van der Waals surface area contributed by atoms with Gasteiger partial charge in [0, 0.05) is 17.5 Å². The molecule has 2 aromatic carbocycles. The monoisotopic (exact) mass is 325 g/mol. The van der Waals surface area contributed by atoms with E-state index in [1.165, 1.54) is 6.07 Å². The Morgan fingerprint density at radius 2 is 1.86 bits per heavy atom. The molecule has 21 heavy (non-hydrogen) atoms. The van der Waals surface area contributed by atoms with Gasteiger partial charge in [-0.25, -0.2) is 0 Å². The zero-order chi connectivity index (χ0) is 15.6. The van der Waals surface area contributed by atoms with E-state index in [0.29, 0.717) is 33.5 Å². The van der Waals surface area contributed by atoms with Crippen molar-refractivity contribution < 1.29 is 9.66 Å². The van der Waals surface area contributed by atoms with Gasteiger partial charge in [-0.2, -0.15) is 0 Å². The molecule has 0 aliphatic rings. The predicted molar refractivity (Wildman–Crippen MR) is 83.7 cm³/mol. The summed E-state index contributed by atoms with van der Waals surface area (Å²) in [7, 11) is 0. The quantitative estimate of drug-likeness (QED) is 0.430. The zero-order valence-electron chi connectivity index (χ0n) is 11.5. The van der Waals surface area contributed by atoms with Crippen molar-refractivity contribution in [3.05, 3.63) is 62.2 Å². The fourth-order valence-corrected chi connectivity index (χ4v) is 2.32. The number of aryl methyl sites for hydroxylation is 2. The summed E-state index contributed by atoms with van der Waals surface area (Å²) in [5, 5.41) is 11.3. The number of ether oxygens (including phenoxy) is 1. The number of nitrogens with zero attached hydrogens (tertiary/aromatic N) is 1. The highest BCUT2D eigenvalue weighted by atomic mass is 35.5. The second-order valence-electron chi connectivity index (χ2n) is 4.66. The van der Waals surface area contributed by atoms with Gasteiger partial charge in [0.15, 0.2) is 0 Å². The standard InChI is InChI=1S/C15H13Cl2NO3/c1-9-6-15(10(2)5-13(9)18(19)20)21-14-4-3-11(8-16)7-12(14)17/h3-7H,8H2,1-2H3. The number of hydrogen-bond donors (Lipinski definition) is 0. The van der Waals surface area contributed by atoms with Crippen molar-refractivity contribution in [2.24, 2.45) is 0 Å². The van der Waals surface area contributed by atoms with Crippen molar-refractivity contribution in [2.45, 2.75) is 19.7 Å². The van der Waals surface area contributed by atoms with Gasteiger partial charge in [-0.15, -0.1) is 11.6 Å². The van der Waals surface area contributed by atoms with Crippen molar-refractivity contribution in [1.82, 2.24) is 0 Å². The van der Waals surface area contributed by atoms with Gasteiger partial charge in [0.05, 0.1) is 9.95 Å². The van der Waals surface area contributed by atoms with Crippen molar-refractivity contribution in [3.8, 4) is 11.5 Å². The van der Waals surface area contributed by atoms with Gasteiger partial charge in [0.1, 0.15) is 11.5 Å². The number of alkyl halides is 1. The SMILES string of the molecule is Cc1cc([N+](=O)[O-])c(C)cc1Oc1ccc(CCl)cc1Cl. The van der Waals surface area contributed by atoms with E-state index in [0.717, 1.165) is 5.56 Å². The minimum absolute atomic E-state index is 0.0726. The van der Waals surface area contributed by atoms with E-state index in [4.69, 9.17) is 27.9 Å². The van der Waals surface area contributed by atoms with Gasteiger partial charge in [0.2, 0.25) is 0 Å². The van der Waals surface area contributed by atoms with E-state index in [1.807, 2.05) is 6.07 Å². The van der Waals surface area contributed by atoms with Crippen LogP contribution < -0.4 is 4.74 Å². The van der Waals surface area contributed by atoms with E-state index in [9.17, 15) is 10.1 Å². The highest BCUT2D eigenvalue weighted by Crippen LogP contribution is 2.34. The van der Waals surface area contributed by atoms with E-state index < -0.39 is 4.92 Å². The van der Waals surface area contributed by atoms with Crippen LogP contribution in [0.4, 0.5) is 5.69 Å². The molecule has 0 saturated carbocycles. The molecule has 0 aliphatic carbocycles. The summed E-state index contributed by atoms with van der Waals surface area (Å²) < 4.78 is 5.76.